The number of hydrogen-bond acceptors (Lipinski definition) is 6. The fraction of sp³-hybridized carbons (Fsp3) is 0.450. The number of carboxylic acid groups (broad SMARTS) is 2. The Labute approximate surface area is 312 Å². The number of benzene rings is 2. The third kappa shape index (κ3) is 6.92. The van der Waals surface area contributed by atoms with Gasteiger partial charge in [0.25, 0.3) is 0 Å². The fourth-order valence-corrected chi connectivity index (χ4v) is 8.42. The summed E-state index contributed by atoms with van der Waals surface area (Å²) in [6.07, 6.45) is 7.87. The molecule has 54 heavy (non-hydrogen) atoms. The van der Waals surface area contributed by atoms with Crippen molar-refractivity contribution in [1.29, 1.82) is 0 Å². The molecule has 4 heterocycles. The van der Waals surface area contributed by atoms with Crippen LogP contribution in [0.5, 0.6) is 0 Å². The molecule has 0 radical (unpaired) electrons. The van der Waals surface area contributed by atoms with E-state index >= 15 is 0 Å². The number of aromatic amines is 2. The summed E-state index contributed by atoms with van der Waals surface area (Å²) in [5.41, 5.74) is 8.14. The Morgan fingerprint density at radius 1 is 0.648 bits per heavy atom. The third-order valence-corrected chi connectivity index (χ3v) is 11.8. The zero-order valence-corrected chi connectivity index (χ0v) is 30.5. The predicted molar refractivity (Wildman–Crippen MR) is 199 cm³/mol. The van der Waals surface area contributed by atoms with E-state index in [9.17, 15) is 29.4 Å². The number of hydrogen-bond donors (Lipinski definition) is 6. The average molecular weight is 735 g/mol. The first-order valence-electron chi connectivity index (χ1n) is 19.0. The maximum absolute atomic E-state index is 13.5. The van der Waals surface area contributed by atoms with Gasteiger partial charge in [0.2, 0.25) is 11.8 Å². The molecule has 2 saturated heterocycles. The molecule has 4 fully saturated rings. The summed E-state index contributed by atoms with van der Waals surface area (Å²) in [6.45, 7) is 5.36. The molecule has 0 bridgehead atoms. The van der Waals surface area contributed by atoms with Crippen molar-refractivity contribution in [3.8, 4) is 33.6 Å². The van der Waals surface area contributed by atoms with Crippen molar-refractivity contribution >= 4 is 24.0 Å². The van der Waals surface area contributed by atoms with E-state index in [-0.39, 0.29) is 35.7 Å². The molecule has 2 saturated carbocycles. The molecule has 2 aromatic heterocycles. The minimum absolute atomic E-state index is 0.0592. The highest BCUT2D eigenvalue weighted by Crippen LogP contribution is 2.40. The Kier molecular flexibility index (Phi) is 9.36. The molecule has 14 heteroatoms. The quantitative estimate of drug-likeness (QED) is 0.105. The summed E-state index contributed by atoms with van der Waals surface area (Å²) < 4.78 is 0. The number of nitrogens with zero attached hydrogens (tertiary/aromatic N) is 4. The van der Waals surface area contributed by atoms with Gasteiger partial charge in [-0.25, -0.2) is 19.6 Å². The van der Waals surface area contributed by atoms with E-state index in [4.69, 9.17) is 4.98 Å². The monoisotopic (exact) mass is 734 g/mol. The minimum Gasteiger partial charge on any atom is -0.465 e. The number of likely N-dealkylation sites (tertiary alicyclic amines) is 2. The van der Waals surface area contributed by atoms with Crippen molar-refractivity contribution in [1.82, 2.24) is 40.4 Å². The van der Waals surface area contributed by atoms with Crippen molar-refractivity contribution in [2.75, 3.05) is 13.1 Å². The number of aromatic nitrogens is 4. The van der Waals surface area contributed by atoms with E-state index < -0.39 is 24.3 Å². The van der Waals surface area contributed by atoms with Gasteiger partial charge in [-0.2, -0.15) is 0 Å². The summed E-state index contributed by atoms with van der Waals surface area (Å²) in [5.74, 6) is 1.20. The van der Waals surface area contributed by atoms with Crippen molar-refractivity contribution in [2.24, 2.45) is 11.8 Å². The summed E-state index contributed by atoms with van der Waals surface area (Å²) in [6, 6.07) is 10.6. The van der Waals surface area contributed by atoms with E-state index in [1.54, 1.807) is 16.0 Å². The maximum atomic E-state index is 13.5. The zero-order valence-electron chi connectivity index (χ0n) is 30.5. The van der Waals surface area contributed by atoms with E-state index in [2.05, 4.69) is 75.8 Å². The summed E-state index contributed by atoms with van der Waals surface area (Å²) in [7, 11) is 0. The zero-order chi connectivity index (χ0) is 37.7. The Hall–Kier alpha value is -5.66. The SMILES string of the molecule is Cc1c(-c2ccc(-c3cnc(C4CCCN4C(=O)C(NC(=O)O)C4CC4)[nH]3)cc2)ccc(-c2cnc([C@@H]3CCCN3C(=O)[C@H](NC(=O)O)C3CC3)[nH]2)c1C. The second-order valence-electron chi connectivity index (χ2n) is 15.3. The van der Waals surface area contributed by atoms with Crippen LogP contribution in [0.4, 0.5) is 9.59 Å². The molecule has 282 valence electrons. The molecule has 2 aliphatic carbocycles. The Bertz CT molecular complexity index is 2080. The van der Waals surface area contributed by atoms with Gasteiger partial charge in [0.05, 0.1) is 35.9 Å². The van der Waals surface area contributed by atoms with Crippen LogP contribution in [0.15, 0.2) is 48.8 Å². The predicted octanol–water partition coefficient (Wildman–Crippen LogP) is 6.17. The van der Waals surface area contributed by atoms with Crippen LogP contribution in [0, 0.1) is 25.7 Å². The highest BCUT2D eigenvalue weighted by atomic mass is 16.4. The van der Waals surface area contributed by atoms with Crippen LogP contribution in [0.2, 0.25) is 0 Å². The first-order chi connectivity index (χ1) is 26.1. The number of carbonyl (C=O) groups excluding carboxylic acids is 2. The number of imidazole rings is 2. The lowest BCUT2D eigenvalue weighted by molar-refractivity contribution is -0.135. The van der Waals surface area contributed by atoms with Gasteiger partial charge in [0.15, 0.2) is 0 Å². The van der Waals surface area contributed by atoms with Gasteiger partial charge in [-0.15, -0.1) is 0 Å². The standard InChI is InChI=1S/C40H46N8O6/c1-21-22(2)28(30-20-42-36(44-30)32-6-4-18-48(32)38(50)34(26-13-14-26)46-40(53)54)16-15-27(21)23-7-9-24(10-8-23)29-19-41-35(43-29)31-5-3-17-47(31)37(49)33(25-11-12-25)45-39(51)52/h7-10,15-16,19-20,25-26,31-34,45-46H,3-6,11-14,17-18H2,1-2H3,(H,41,43)(H,42,44)(H,51,52)(H,53,54)/t31?,32-,33?,34+/m0/s1. The van der Waals surface area contributed by atoms with Crippen LogP contribution in [0.25, 0.3) is 33.6 Å². The van der Waals surface area contributed by atoms with Gasteiger partial charge in [0, 0.05) is 18.7 Å². The lowest BCUT2D eigenvalue weighted by Crippen LogP contribution is -2.49. The molecule has 4 amide bonds. The number of amides is 4. The van der Waals surface area contributed by atoms with E-state index in [1.165, 1.54) is 0 Å². The van der Waals surface area contributed by atoms with Gasteiger partial charge in [0.1, 0.15) is 23.7 Å². The molecule has 2 aliphatic heterocycles. The number of carbonyl (C=O) groups is 4. The largest absolute Gasteiger partial charge is 0.465 e. The third-order valence-electron chi connectivity index (χ3n) is 11.8. The number of nitrogens with one attached hydrogen (secondary N) is 4. The molecule has 0 spiro atoms. The highest BCUT2D eigenvalue weighted by Gasteiger charge is 2.44. The lowest BCUT2D eigenvalue weighted by Gasteiger charge is -2.28. The average Bonchev–Trinajstić information content (AvgIpc) is 3.88. The fourth-order valence-electron chi connectivity index (χ4n) is 8.42. The lowest BCUT2D eigenvalue weighted by atomic mass is 9.92. The molecule has 14 nitrogen and oxygen atoms in total. The molecule has 4 atom stereocenters. The Morgan fingerprint density at radius 2 is 1.09 bits per heavy atom. The van der Waals surface area contributed by atoms with Crippen molar-refractivity contribution < 1.29 is 29.4 Å². The molecular weight excluding hydrogens is 688 g/mol. The topological polar surface area (TPSA) is 197 Å². The summed E-state index contributed by atoms with van der Waals surface area (Å²) in [4.78, 5) is 69.6. The maximum Gasteiger partial charge on any atom is 0.405 e. The molecule has 2 unspecified atom stereocenters. The molecule has 2 aromatic carbocycles. The first-order valence-corrected chi connectivity index (χ1v) is 19.0. The molecule has 4 aromatic rings. The van der Waals surface area contributed by atoms with Crippen LogP contribution in [0.3, 0.4) is 0 Å². The van der Waals surface area contributed by atoms with Gasteiger partial charge < -0.3 is 40.6 Å². The van der Waals surface area contributed by atoms with Crippen molar-refractivity contribution in [3.05, 3.63) is 71.6 Å². The molecular formula is C40H46N8O6. The Balaban J connectivity index is 0.958. The van der Waals surface area contributed by atoms with Crippen LogP contribution >= 0.6 is 0 Å². The van der Waals surface area contributed by atoms with Gasteiger partial charge in [-0.1, -0.05) is 36.4 Å². The smallest absolute Gasteiger partial charge is 0.405 e. The van der Waals surface area contributed by atoms with Gasteiger partial charge >= 0.3 is 12.2 Å². The van der Waals surface area contributed by atoms with Crippen LogP contribution in [-0.4, -0.2) is 89.1 Å². The second-order valence-corrected chi connectivity index (χ2v) is 15.3. The van der Waals surface area contributed by atoms with E-state index in [1.807, 2.05) is 6.20 Å². The number of H-pyrrole nitrogens is 2. The molecule has 4 aliphatic rings. The minimum atomic E-state index is -1.17. The van der Waals surface area contributed by atoms with Gasteiger partial charge in [-0.3, -0.25) is 9.59 Å². The Morgan fingerprint density at radius 3 is 1.59 bits per heavy atom. The summed E-state index contributed by atoms with van der Waals surface area (Å²) in [5, 5.41) is 23.6. The second kappa shape index (κ2) is 14.3. The molecule has 8 rings (SSSR count). The molecule has 6 N–H and O–H groups in total. The van der Waals surface area contributed by atoms with Crippen molar-refractivity contribution in [3.63, 3.8) is 0 Å². The number of rotatable bonds is 11. The van der Waals surface area contributed by atoms with E-state index in [0.29, 0.717) is 24.7 Å². The van der Waals surface area contributed by atoms with Crippen LogP contribution < -0.4 is 10.6 Å². The van der Waals surface area contributed by atoms with Crippen LogP contribution in [0.1, 0.15) is 86.2 Å². The van der Waals surface area contributed by atoms with E-state index in [0.717, 1.165) is 96.1 Å². The van der Waals surface area contributed by atoms with Crippen LogP contribution in [-0.2, 0) is 9.59 Å². The normalized spacial score (nSPS) is 20.9. The van der Waals surface area contributed by atoms with Gasteiger partial charge in [-0.05, 0) is 105 Å². The van der Waals surface area contributed by atoms with Crippen molar-refractivity contribution in [2.45, 2.75) is 89.4 Å². The summed E-state index contributed by atoms with van der Waals surface area (Å²) >= 11 is 0. The highest BCUT2D eigenvalue weighted by molar-refractivity contribution is 5.87. The first kappa shape index (κ1) is 35.4.